The highest BCUT2D eigenvalue weighted by atomic mass is 35.5. The highest BCUT2D eigenvalue weighted by Crippen LogP contribution is 2.35. The molecule has 0 fully saturated rings. The third-order valence-corrected chi connectivity index (χ3v) is 2.94. The van der Waals surface area contributed by atoms with Gasteiger partial charge in [-0.2, -0.15) is 5.26 Å². The fraction of sp³-hybridized carbons (Fsp3) is 0.0714. The summed E-state index contributed by atoms with van der Waals surface area (Å²) in [6, 6.07) is 11.2. The van der Waals surface area contributed by atoms with E-state index in [4.69, 9.17) is 16.3 Å². The molecule has 0 spiro atoms. The maximum atomic E-state index is 9.37. The molecule has 2 aromatic rings. The van der Waals surface area contributed by atoms with Gasteiger partial charge in [0, 0.05) is 5.69 Å². The molecular formula is C14H9ClN4O. The van der Waals surface area contributed by atoms with Crippen molar-refractivity contribution in [3.05, 3.63) is 52.9 Å². The van der Waals surface area contributed by atoms with E-state index in [1.54, 1.807) is 13.0 Å². The maximum absolute atomic E-state index is 9.37. The second-order valence-corrected chi connectivity index (χ2v) is 4.54. The van der Waals surface area contributed by atoms with E-state index in [0.29, 0.717) is 23.0 Å². The molecule has 0 aliphatic carbocycles. The molecule has 1 aromatic carbocycles. The summed E-state index contributed by atoms with van der Waals surface area (Å²) in [4.78, 5) is 8.04. The molecule has 20 heavy (non-hydrogen) atoms. The van der Waals surface area contributed by atoms with Gasteiger partial charge in [0.25, 0.3) is 0 Å². The molecule has 98 valence electrons. The molecule has 0 bridgehead atoms. The lowest BCUT2D eigenvalue weighted by molar-refractivity contribution is 0.460. The Morgan fingerprint density at radius 2 is 2.15 bits per heavy atom. The van der Waals surface area contributed by atoms with Crippen LogP contribution in [-0.2, 0) is 0 Å². The monoisotopic (exact) mass is 284 g/mol. The lowest BCUT2D eigenvalue weighted by Gasteiger charge is -2.04. The minimum atomic E-state index is 0.101. The topological polar surface area (TPSA) is 70.8 Å². The zero-order chi connectivity index (χ0) is 14.1. The van der Waals surface area contributed by atoms with Crippen molar-refractivity contribution in [2.75, 3.05) is 5.32 Å². The predicted molar refractivity (Wildman–Crippen MR) is 75.0 cm³/mol. The first-order valence-corrected chi connectivity index (χ1v) is 6.25. The Kier molecular flexibility index (Phi) is 3.01. The van der Waals surface area contributed by atoms with Gasteiger partial charge in [0.1, 0.15) is 11.6 Å². The number of ether oxygens (including phenoxy) is 1. The Bertz CT molecular complexity index is 717. The van der Waals surface area contributed by atoms with Crippen LogP contribution >= 0.6 is 11.6 Å². The predicted octanol–water partition coefficient (Wildman–Crippen LogP) is 3.14. The van der Waals surface area contributed by atoms with E-state index in [1.165, 1.54) is 0 Å². The summed E-state index contributed by atoms with van der Waals surface area (Å²) in [5.41, 5.74) is 2.21. The summed E-state index contributed by atoms with van der Waals surface area (Å²) in [7, 11) is 0. The molecule has 0 saturated heterocycles. The first-order valence-electron chi connectivity index (χ1n) is 5.87. The van der Waals surface area contributed by atoms with Gasteiger partial charge in [0.15, 0.2) is 5.75 Å². The molecule has 0 radical (unpaired) electrons. The Balaban J connectivity index is 2.08. The number of allylic oxidation sites excluding steroid dienone is 1. The number of anilines is 1. The second kappa shape index (κ2) is 4.83. The number of benzene rings is 1. The van der Waals surface area contributed by atoms with Crippen molar-refractivity contribution in [3.63, 3.8) is 0 Å². The van der Waals surface area contributed by atoms with E-state index in [2.05, 4.69) is 21.4 Å². The smallest absolute Gasteiger partial charge is 0.223 e. The van der Waals surface area contributed by atoms with Gasteiger partial charge in [-0.05, 0) is 36.7 Å². The van der Waals surface area contributed by atoms with Crippen LogP contribution in [0.1, 0.15) is 11.4 Å². The van der Waals surface area contributed by atoms with Crippen molar-refractivity contribution in [2.24, 2.45) is 0 Å². The van der Waals surface area contributed by atoms with Gasteiger partial charge in [0.05, 0.1) is 11.4 Å². The van der Waals surface area contributed by atoms with Crippen molar-refractivity contribution < 1.29 is 4.74 Å². The number of hydrogen-bond donors (Lipinski definition) is 1. The first kappa shape index (κ1) is 12.5. The molecule has 5 nitrogen and oxygen atoms in total. The van der Waals surface area contributed by atoms with Crippen LogP contribution in [0.4, 0.5) is 5.69 Å². The minimum absolute atomic E-state index is 0.101. The van der Waals surface area contributed by atoms with E-state index in [-0.39, 0.29) is 10.9 Å². The van der Waals surface area contributed by atoms with E-state index >= 15 is 0 Å². The van der Waals surface area contributed by atoms with Crippen molar-refractivity contribution in [2.45, 2.75) is 6.92 Å². The number of nitriles is 1. The number of nitrogens with one attached hydrogen (secondary N) is 1. The molecule has 1 aliphatic rings. The lowest BCUT2D eigenvalue weighted by Crippen LogP contribution is -2.04. The molecule has 1 N–H and O–H groups in total. The van der Waals surface area contributed by atoms with Gasteiger partial charge in [-0.25, -0.2) is 9.97 Å². The minimum Gasteiger partial charge on any atom is -0.437 e. The highest BCUT2D eigenvalue weighted by Gasteiger charge is 2.22. The standard InChI is InChI=1S/C14H9ClN4O/c1-8-6-11(19-14(15)17-8)9(7-16)13-18-10-4-2-3-5-12(10)20-13/h2-6,18H,1H3. The summed E-state index contributed by atoms with van der Waals surface area (Å²) >= 11 is 5.83. The number of halogens is 1. The SMILES string of the molecule is Cc1cc(C(C#N)=C2Nc3ccccc3O2)nc(Cl)n1. The average molecular weight is 285 g/mol. The third-order valence-electron chi connectivity index (χ3n) is 2.77. The van der Waals surface area contributed by atoms with Crippen molar-refractivity contribution in [3.8, 4) is 11.8 Å². The molecule has 1 aliphatic heterocycles. The number of aromatic nitrogens is 2. The van der Waals surface area contributed by atoms with Crippen LogP contribution in [0, 0.1) is 18.3 Å². The summed E-state index contributed by atoms with van der Waals surface area (Å²) in [5.74, 6) is 1.02. The van der Waals surface area contributed by atoms with Crippen LogP contribution < -0.4 is 10.1 Å². The van der Waals surface area contributed by atoms with Crippen LogP contribution in [0.15, 0.2) is 36.2 Å². The van der Waals surface area contributed by atoms with E-state index in [0.717, 1.165) is 5.69 Å². The molecule has 0 atom stereocenters. The summed E-state index contributed by atoms with van der Waals surface area (Å²) in [6.45, 7) is 1.79. The van der Waals surface area contributed by atoms with Crippen LogP contribution in [-0.4, -0.2) is 9.97 Å². The zero-order valence-electron chi connectivity index (χ0n) is 10.5. The summed E-state index contributed by atoms with van der Waals surface area (Å²) < 4.78 is 5.64. The number of para-hydroxylation sites is 2. The van der Waals surface area contributed by atoms with Crippen LogP contribution in [0.2, 0.25) is 5.28 Å². The Morgan fingerprint density at radius 1 is 1.35 bits per heavy atom. The van der Waals surface area contributed by atoms with Gasteiger partial charge in [0.2, 0.25) is 11.2 Å². The van der Waals surface area contributed by atoms with E-state index in [1.807, 2.05) is 24.3 Å². The number of aryl methyl sites for hydroxylation is 1. The number of hydrogen-bond acceptors (Lipinski definition) is 5. The van der Waals surface area contributed by atoms with E-state index in [9.17, 15) is 5.26 Å². The Morgan fingerprint density at radius 3 is 2.85 bits per heavy atom. The van der Waals surface area contributed by atoms with Gasteiger partial charge >= 0.3 is 0 Å². The lowest BCUT2D eigenvalue weighted by atomic mass is 10.2. The largest absolute Gasteiger partial charge is 0.437 e. The summed E-state index contributed by atoms with van der Waals surface area (Å²) in [6.07, 6.45) is 0. The molecule has 0 saturated carbocycles. The second-order valence-electron chi connectivity index (χ2n) is 4.20. The van der Waals surface area contributed by atoms with Crippen molar-refractivity contribution in [1.29, 1.82) is 5.26 Å². The molecular weight excluding hydrogens is 276 g/mol. The quantitative estimate of drug-likeness (QED) is 0.643. The Labute approximate surface area is 120 Å². The van der Waals surface area contributed by atoms with Gasteiger partial charge in [-0.1, -0.05) is 12.1 Å². The molecule has 3 rings (SSSR count). The van der Waals surface area contributed by atoms with Crippen molar-refractivity contribution in [1.82, 2.24) is 9.97 Å². The first-order chi connectivity index (χ1) is 9.67. The molecule has 0 unspecified atom stereocenters. The van der Waals surface area contributed by atoms with E-state index < -0.39 is 0 Å². The normalized spacial score (nSPS) is 14.8. The molecule has 2 heterocycles. The van der Waals surface area contributed by atoms with Crippen LogP contribution in [0.25, 0.3) is 5.57 Å². The van der Waals surface area contributed by atoms with Crippen LogP contribution in [0.5, 0.6) is 5.75 Å². The van der Waals surface area contributed by atoms with Gasteiger partial charge in [-0.15, -0.1) is 0 Å². The van der Waals surface area contributed by atoms with Crippen LogP contribution in [0.3, 0.4) is 0 Å². The Hall–Kier alpha value is -2.58. The van der Waals surface area contributed by atoms with Gasteiger partial charge < -0.3 is 10.1 Å². The molecule has 1 aromatic heterocycles. The summed E-state index contributed by atoms with van der Waals surface area (Å²) in [5, 5.41) is 12.5. The zero-order valence-corrected chi connectivity index (χ0v) is 11.3. The number of rotatable bonds is 1. The molecule has 6 heteroatoms. The van der Waals surface area contributed by atoms with Gasteiger partial charge in [-0.3, -0.25) is 0 Å². The highest BCUT2D eigenvalue weighted by molar-refractivity contribution is 6.28. The van der Waals surface area contributed by atoms with Crippen molar-refractivity contribution >= 4 is 22.9 Å². The third kappa shape index (κ3) is 2.17. The number of nitrogens with zero attached hydrogens (tertiary/aromatic N) is 3. The fourth-order valence-corrected chi connectivity index (χ4v) is 2.14. The maximum Gasteiger partial charge on any atom is 0.223 e. The molecule has 0 amide bonds. The fourth-order valence-electron chi connectivity index (χ4n) is 1.91. The number of fused-ring (bicyclic) bond motifs is 1. The average Bonchev–Trinajstić information content (AvgIpc) is 2.81.